The Balaban J connectivity index is 2.12. The number of amides is 1. The highest BCUT2D eigenvalue weighted by Gasteiger charge is 2.30. The van der Waals surface area contributed by atoms with E-state index in [0.29, 0.717) is 45.3 Å². The second kappa shape index (κ2) is 6.50. The van der Waals surface area contributed by atoms with Crippen LogP contribution in [0.2, 0.25) is 5.02 Å². The summed E-state index contributed by atoms with van der Waals surface area (Å²) in [4.78, 5) is 31.0. The van der Waals surface area contributed by atoms with Gasteiger partial charge in [-0.15, -0.1) is 0 Å². The number of hydrogen-bond donors (Lipinski definition) is 1. The molecule has 0 aliphatic carbocycles. The van der Waals surface area contributed by atoms with Crippen molar-refractivity contribution in [2.75, 3.05) is 0 Å². The zero-order valence-corrected chi connectivity index (χ0v) is 16.2. The van der Waals surface area contributed by atoms with E-state index >= 15 is 0 Å². The number of rotatable bonds is 2. The average molecular weight is 382 g/mol. The summed E-state index contributed by atoms with van der Waals surface area (Å²) in [7, 11) is 0. The number of carbonyl (C=O) groups is 1. The SMILES string of the molecule is Cc1ccc2c(=O)n3c(nc2c1)C(CC(C)C)NC(=O)c1ccc(Cl)cc1-3. The van der Waals surface area contributed by atoms with Crippen LogP contribution in [0.15, 0.2) is 41.2 Å². The van der Waals surface area contributed by atoms with Crippen LogP contribution in [0, 0.1) is 12.8 Å². The van der Waals surface area contributed by atoms with E-state index in [9.17, 15) is 9.59 Å². The molecule has 1 N–H and O–H groups in total. The molecule has 27 heavy (non-hydrogen) atoms. The molecule has 0 spiro atoms. The summed E-state index contributed by atoms with van der Waals surface area (Å²) < 4.78 is 1.55. The normalized spacial score (nSPS) is 16.0. The molecular weight excluding hydrogens is 362 g/mol. The molecule has 0 saturated carbocycles. The van der Waals surface area contributed by atoms with Crippen molar-refractivity contribution < 1.29 is 4.79 Å². The minimum atomic E-state index is -0.360. The number of carbonyl (C=O) groups excluding carboxylic acids is 1. The number of halogens is 1. The standard InChI is InChI=1S/C21H20ClN3O2/c1-11(2)8-17-19-23-16-9-12(3)4-6-14(16)21(27)25(19)18-10-13(22)5-7-15(18)20(26)24-17/h4-7,9-11,17H,8H2,1-3H3,(H,24,26). The van der Waals surface area contributed by atoms with Crippen LogP contribution in [0.3, 0.4) is 0 Å². The summed E-state index contributed by atoms with van der Waals surface area (Å²) in [5.74, 6) is 0.636. The zero-order chi connectivity index (χ0) is 19.3. The van der Waals surface area contributed by atoms with Crippen LogP contribution >= 0.6 is 11.6 Å². The van der Waals surface area contributed by atoms with Gasteiger partial charge in [0.2, 0.25) is 0 Å². The molecule has 1 atom stereocenters. The van der Waals surface area contributed by atoms with Gasteiger partial charge in [-0.05, 0) is 55.2 Å². The number of benzene rings is 2. The molecule has 5 nitrogen and oxygen atoms in total. The summed E-state index contributed by atoms with van der Waals surface area (Å²) >= 11 is 6.19. The Morgan fingerprint density at radius 2 is 1.96 bits per heavy atom. The van der Waals surface area contributed by atoms with Gasteiger partial charge < -0.3 is 5.32 Å². The average Bonchev–Trinajstić information content (AvgIpc) is 2.69. The predicted molar refractivity (Wildman–Crippen MR) is 107 cm³/mol. The van der Waals surface area contributed by atoms with Gasteiger partial charge in [0.1, 0.15) is 5.82 Å². The second-order valence-electron chi connectivity index (χ2n) is 7.45. The quantitative estimate of drug-likeness (QED) is 0.724. The van der Waals surface area contributed by atoms with Gasteiger partial charge in [0.25, 0.3) is 11.5 Å². The summed E-state index contributed by atoms with van der Waals surface area (Å²) in [6.07, 6.45) is 0.678. The van der Waals surface area contributed by atoms with Crippen LogP contribution in [-0.2, 0) is 0 Å². The molecule has 0 radical (unpaired) electrons. The molecule has 1 amide bonds. The maximum atomic E-state index is 13.4. The van der Waals surface area contributed by atoms with Gasteiger partial charge in [-0.2, -0.15) is 0 Å². The molecule has 4 rings (SSSR count). The minimum Gasteiger partial charge on any atom is -0.342 e. The van der Waals surface area contributed by atoms with Gasteiger partial charge in [-0.3, -0.25) is 14.2 Å². The first-order valence-electron chi connectivity index (χ1n) is 8.99. The third kappa shape index (κ3) is 3.02. The van der Waals surface area contributed by atoms with Crippen molar-refractivity contribution in [1.29, 1.82) is 0 Å². The van der Waals surface area contributed by atoms with Crippen LogP contribution in [0.1, 0.15) is 48.1 Å². The van der Waals surface area contributed by atoms with Crippen molar-refractivity contribution in [3.63, 3.8) is 0 Å². The largest absolute Gasteiger partial charge is 0.342 e. The number of aromatic nitrogens is 2. The van der Waals surface area contributed by atoms with Crippen LogP contribution in [-0.4, -0.2) is 15.5 Å². The zero-order valence-electron chi connectivity index (χ0n) is 15.4. The monoisotopic (exact) mass is 381 g/mol. The van der Waals surface area contributed by atoms with Gasteiger partial charge in [-0.25, -0.2) is 4.98 Å². The Morgan fingerprint density at radius 1 is 1.19 bits per heavy atom. The van der Waals surface area contributed by atoms with Crippen molar-refractivity contribution in [3.05, 3.63) is 68.7 Å². The van der Waals surface area contributed by atoms with E-state index in [2.05, 4.69) is 19.2 Å². The molecule has 6 heteroatoms. The summed E-state index contributed by atoms with van der Waals surface area (Å²) in [5.41, 5.74) is 2.37. The minimum absolute atomic E-state index is 0.191. The van der Waals surface area contributed by atoms with Gasteiger partial charge in [0.15, 0.2) is 0 Å². The highest BCUT2D eigenvalue weighted by molar-refractivity contribution is 6.31. The molecule has 2 heterocycles. The Labute approximate surface area is 162 Å². The molecule has 0 fully saturated rings. The third-order valence-corrected chi connectivity index (χ3v) is 5.06. The lowest BCUT2D eigenvalue weighted by Crippen LogP contribution is -2.31. The van der Waals surface area contributed by atoms with Crippen molar-refractivity contribution in [3.8, 4) is 5.69 Å². The van der Waals surface area contributed by atoms with Crippen LogP contribution in [0.5, 0.6) is 0 Å². The first-order chi connectivity index (χ1) is 12.8. The molecule has 0 bridgehead atoms. The molecule has 3 aromatic rings. The second-order valence-corrected chi connectivity index (χ2v) is 7.88. The molecule has 1 unspecified atom stereocenters. The first-order valence-corrected chi connectivity index (χ1v) is 9.37. The Hall–Kier alpha value is -2.66. The predicted octanol–water partition coefficient (Wildman–Crippen LogP) is 4.18. The van der Waals surface area contributed by atoms with Crippen molar-refractivity contribution in [2.24, 2.45) is 5.92 Å². The fourth-order valence-corrected chi connectivity index (χ4v) is 3.76. The first kappa shape index (κ1) is 17.7. The molecule has 138 valence electrons. The number of fused-ring (bicyclic) bond motifs is 4. The highest BCUT2D eigenvalue weighted by atomic mass is 35.5. The van der Waals surface area contributed by atoms with Crippen molar-refractivity contribution in [1.82, 2.24) is 14.9 Å². The molecule has 1 aliphatic heterocycles. The van der Waals surface area contributed by atoms with Crippen LogP contribution in [0.4, 0.5) is 0 Å². The number of aryl methyl sites for hydroxylation is 1. The fraction of sp³-hybridized carbons (Fsp3) is 0.286. The number of hydrogen-bond acceptors (Lipinski definition) is 3. The lowest BCUT2D eigenvalue weighted by molar-refractivity contribution is 0.0933. The van der Waals surface area contributed by atoms with E-state index in [0.717, 1.165) is 5.56 Å². The smallest absolute Gasteiger partial charge is 0.266 e. The molecule has 2 aromatic carbocycles. The lowest BCUT2D eigenvalue weighted by Gasteiger charge is -2.20. The Kier molecular flexibility index (Phi) is 4.27. The van der Waals surface area contributed by atoms with Gasteiger partial charge in [-0.1, -0.05) is 31.5 Å². The van der Waals surface area contributed by atoms with E-state index in [-0.39, 0.29) is 17.5 Å². The summed E-state index contributed by atoms with van der Waals surface area (Å²) in [6, 6.07) is 10.2. The van der Waals surface area contributed by atoms with Gasteiger partial charge in [0.05, 0.1) is 28.2 Å². The van der Waals surface area contributed by atoms with Crippen molar-refractivity contribution >= 4 is 28.4 Å². The molecule has 1 aromatic heterocycles. The van der Waals surface area contributed by atoms with Crippen LogP contribution < -0.4 is 10.9 Å². The van der Waals surface area contributed by atoms with E-state index < -0.39 is 0 Å². The third-order valence-electron chi connectivity index (χ3n) is 4.82. The topological polar surface area (TPSA) is 64.0 Å². The molecule has 1 aliphatic rings. The van der Waals surface area contributed by atoms with E-state index in [1.54, 1.807) is 28.8 Å². The highest BCUT2D eigenvalue weighted by Crippen LogP contribution is 2.30. The summed E-state index contributed by atoms with van der Waals surface area (Å²) in [5, 5.41) is 4.03. The van der Waals surface area contributed by atoms with Crippen molar-refractivity contribution in [2.45, 2.75) is 33.2 Å². The number of nitrogens with one attached hydrogen (secondary N) is 1. The Bertz CT molecular complexity index is 1130. The Morgan fingerprint density at radius 3 is 2.70 bits per heavy atom. The molecule has 0 saturated heterocycles. The van der Waals surface area contributed by atoms with Gasteiger partial charge in [0, 0.05) is 5.02 Å². The lowest BCUT2D eigenvalue weighted by atomic mass is 10.0. The van der Waals surface area contributed by atoms with E-state index in [4.69, 9.17) is 16.6 Å². The molecular formula is C21H20ClN3O2. The van der Waals surface area contributed by atoms with E-state index in [1.165, 1.54) is 0 Å². The number of nitrogens with zero attached hydrogens (tertiary/aromatic N) is 2. The van der Waals surface area contributed by atoms with Crippen LogP contribution in [0.25, 0.3) is 16.6 Å². The maximum absolute atomic E-state index is 13.4. The maximum Gasteiger partial charge on any atom is 0.266 e. The van der Waals surface area contributed by atoms with E-state index in [1.807, 2.05) is 19.1 Å². The fourth-order valence-electron chi connectivity index (χ4n) is 3.60. The summed E-state index contributed by atoms with van der Waals surface area (Å²) in [6.45, 7) is 6.12. The van der Waals surface area contributed by atoms with Gasteiger partial charge >= 0.3 is 0 Å².